The molecule has 0 amide bonds. The van der Waals surface area contributed by atoms with Crippen molar-refractivity contribution in [2.45, 2.75) is 31.9 Å². The molecule has 0 aliphatic heterocycles. The van der Waals surface area contributed by atoms with Crippen LogP contribution in [-0.4, -0.2) is 22.5 Å². The summed E-state index contributed by atoms with van der Waals surface area (Å²) in [5, 5.41) is 8.71. The van der Waals surface area contributed by atoms with Gasteiger partial charge in [0.25, 0.3) is 0 Å². The van der Waals surface area contributed by atoms with Gasteiger partial charge in [-0.15, -0.1) is 0 Å². The predicted octanol–water partition coefficient (Wildman–Crippen LogP) is 1.17. The van der Waals surface area contributed by atoms with Crippen molar-refractivity contribution in [3.8, 4) is 0 Å². The maximum absolute atomic E-state index is 13.8. The van der Waals surface area contributed by atoms with E-state index in [9.17, 15) is 14.0 Å². The summed E-state index contributed by atoms with van der Waals surface area (Å²) in [6.45, 7) is 1.68. The Bertz CT molecular complexity index is 301. The van der Waals surface area contributed by atoms with Crippen molar-refractivity contribution in [2.24, 2.45) is 11.3 Å². The Morgan fingerprint density at radius 2 is 2.38 bits per heavy atom. The highest BCUT2D eigenvalue weighted by Crippen LogP contribution is 2.73. The monoisotopic (exact) mass is 186 g/mol. The van der Waals surface area contributed by atoms with Crippen LogP contribution < -0.4 is 0 Å². The van der Waals surface area contributed by atoms with Gasteiger partial charge in [-0.2, -0.15) is 0 Å². The molecule has 72 valence electrons. The minimum absolute atomic E-state index is 0.204. The molecule has 2 rings (SSSR count). The molecule has 4 heteroatoms. The maximum atomic E-state index is 13.8. The highest BCUT2D eigenvalue weighted by Gasteiger charge is 2.86. The van der Waals surface area contributed by atoms with Crippen LogP contribution in [0.2, 0.25) is 0 Å². The number of carboxylic acid groups (broad SMARTS) is 1. The number of carbonyl (C=O) groups excluding carboxylic acids is 1. The highest BCUT2D eigenvalue weighted by atomic mass is 19.1. The molecule has 3 nitrogen and oxygen atoms in total. The number of carbonyl (C=O) groups is 2. The molecule has 0 spiro atoms. The molecule has 0 heterocycles. The van der Waals surface area contributed by atoms with E-state index in [1.807, 2.05) is 0 Å². The van der Waals surface area contributed by atoms with E-state index in [-0.39, 0.29) is 5.78 Å². The zero-order valence-electron chi connectivity index (χ0n) is 7.34. The fourth-order valence-corrected chi connectivity index (χ4v) is 2.96. The molecule has 3 atom stereocenters. The molecule has 0 radical (unpaired) electrons. The van der Waals surface area contributed by atoms with E-state index in [1.54, 1.807) is 6.92 Å². The van der Waals surface area contributed by atoms with Crippen LogP contribution in [0.25, 0.3) is 0 Å². The van der Waals surface area contributed by atoms with E-state index in [4.69, 9.17) is 5.11 Å². The lowest BCUT2D eigenvalue weighted by molar-refractivity contribution is -0.149. The van der Waals surface area contributed by atoms with Crippen molar-refractivity contribution in [2.75, 3.05) is 0 Å². The zero-order chi connectivity index (χ0) is 9.85. The molecule has 2 aliphatic carbocycles. The molecular weight excluding hydrogens is 175 g/mol. The van der Waals surface area contributed by atoms with Gasteiger partial charge in [0.15, 0.2) is 0 Å². The SMILES string of the molecule is CC[C@]12C(=O)CC[C@H]1[C@]2(F)C(=O)O. The van der Waals surface area contributed by atoms with E-state index in [0.29, 0.717) is 19.3 Å². The first-order valence-electron chi connectivity index (χ1n) is 4.47. The third kappa shape index (κ3) is 0.628. The van der Waals surface area contributed by atoms with Crippen molar-refractivity contribution >= 4 is 11.8 Å². The molecule has 2 saturated carbocycles. The third-order valence-corrected chi connectivity index (χ3v) is 3.67. The lowest BCUT2D eigenvalue weighted by Crippen LogP contribution is -2.31. The van der Waals surface area contributed by atoms with E-state index in [1.165, 1.54) is 0 Å². The van der Waals surface area contributed by atoms with Crippen LogP contribution >= 0.6 is 0 Å². The second-order valence-corrected chi connectivity index (χ2v) is 3.86. The number of fused-ring (bicyclic) bond motifs is 1. The van der Waals surface area contributed by atoms with E-state index in [2.05, 4.69) is 0 Å². The molecular formula is C9H11FO3. The van der Waals surface area contributed by atoms with E-state index < -0.39 is 23.0 Å². The summed E-state index contributed by atoms with van der Waals surface area (Å²) < 4.78 is 13.8. The Labute approximate surface area is 74.9 Å². The Hall–Kier alpha value is -0.930. The van der Waals surface area contributed by atoms with Gasteiger partial charge in [-0.1, -0.05) is 6.92 Å². The molecule has 0 unspecified atom stereocenters. The molecule has 1 N–H and O–H groups in total. The fraction of sp³-hybridized carbons (Fsp3) is 0.778. The summed E-state index contributed by atoms with van der Waals surface area (Å²) in [5.41, 5.74) is -3.42. The van der Waals surface area contributed by atoms with Gasteiger partial charge >= 0.3 is 5.97 Å². The highest BCUT2D eigenvalue weighted by molar-refractivity contribution is 6.03. The number of rotatable bonds is 2. The standard InChI is InChI=1S/C9H11FO3/c1-2-8-5(3-4-6(8)11)9(8,10)7(12)13/h5H,2-4H2,1H3,(H,12,13)/t5-,8-,9+/m1/s1. The third-order valence-electron chi connectivity index (χ3n) is 3.67. The smallest absolute Gasteiger partial charge is 0.342 e. The number of aliphatic carboxylic acids is 1. The lowest BCUT2D eigenvalue weighted by atomic mass is 9.94. The van der Waals surface area contributed by atoms with Crippen LogP contribution in [0.1, 0.15) is 26.2 Å². The molecule has 0 saturated heterocycles. The zero-order valence-corrected chi connectivity index (χ0v) is 7.34. The van der Waals surface area contributed by atoms with Crippen molar-refractivity contribution in [1.29, 1.82) is 0 Å². The summed E-state index contributed by atoms with van der Waals surface area (Å²) in [4.78, 5) is 22.1. The first-order valence-corrected chi connectivity index (χ1v) is 4.47. The van der Waals surface area contributed by atoms with Crippen LogP contribution in [0.3, 0.4) is 0 Å². The van der Waals surface area contributed by atoms with Crippen molar-refractivity contribution in [3.63, 3.8) is 0 Å². The topological polar surface area (TPSA) is 54.4 Å². The van der Waals surface area contributed by atoms with Gasteiger partial charge in [-0.3, -0.25) is 4.79 Å². The number of hydrogen-bond acceptors (Lipinski definition) is 2. The molecule has 0 aromatic carbocycles. The van der Waals surface area contributed by atoms with Crippen LogP contribution in [0.5, 0.6) is 0 Å². The average Bonchev–Trinajstić information content (AvgIpc) is 2.43. The molecule has 0 aromatic heterocycles. The molecule has 2 aliphatic rings. The Morgan fingerprint density at radius 3 is 2.69 bits per heavy atom. The molecule has 0 bridgehead atoms. The van der Waals surface area contributed by atoms with Gasteiger partial charge in [0.2, 0.25) is 5.67 Å². The van der Waals surface area contributed by atoms with Gasteiger partial charge in [0.1, 0.15) is 5.78 Å². The summed E-state index contributed by atoms with van der Waals surface area (Å²) in [7, 11) is 0. The van der Waals surface area contributed by atoms with Crippen LogP contribution in [-0.2, 0) is 9.59 Å². The largest absolute Gasteiger partial charge is 0.479 e. The second-order valence-electron chi connectivity index (χ2n) is 3.86. The summed E-state index contributed by atoms with van der Waals surface area (Å²) in [6.07, 6.45) is 1.05. The summed E-state index contributed by atoms with van der Waals surface area (Å²) in [5.74, 6) is -2.23. The molecule has 0 aromatic rings. The fourth-order valence-electron chi connectivity index (χ4n) is 2.96. The van der Waals surface area contributed by atoms with Gasteiger partial charge in [-0.05, 0) is 12.8 Å². The van der Waals surface area contributed by atoms with Crippen LogP contribution in [0.4, 0.5) is 4.39 Å². The normalized spacial score (nSPS) is 47.5. The average molecular weight is 186 g/mol. The van der Waals surface area contributed by atoms with Gasteiger partial charge in [-0.25, -0.2) is 9.18 Å². The Balaban J connectivity index is 2.41. The first kappa shape index (κ1) is 8.66. The van der Waals surface area contributed by atoms with Crippen molar-refractivity contribution < 1.29 is 19.1 Å². The summed E-state index contributed by atoms with van der Waals surface area (Å²) in [6, 6.07) is 0. The van der Waals surface area contributed by atoms with E-state index >= 15 is 0 Å². The number of halogens is 1. The van der Waals surface area contributed by atoms with Crippen molar-refractivity contribution in [3.05, 3.63) is 0 Å². The van der Waals surface area contributed by atoms with E-state index in [0.717, 1.165) is 0 Å². The Kier molecular flexibility index (Phi) is 1.40. The predicted molar refractivity (Wildman–Crippen MR) is 41.9 cm³/mol. The second kappa shape index (κ2) is 2.11. The maximum Gasteiger partial charge on any atom is 0.342 e. The number of carboxylic acids is 1. The van der Waals surface area contributed by atoms with Gasteiger partial charge in [0, 0.05) is 12.3 Å². The van der Waals surface area contributed by atoms with Gasteiger partial charge < -0.3 is 5.11 Å². The number of alkyl halides is 1. The number of hydrogen-bond donors (Lipinski definition) is 1. The minimum Gasteiger partial charge on any atom is -0.479 e. The first-order chi connectivity index (χ1) is 6.01. The molecule has 2 fully saturated rings. The Morgan fingerprint density at radius 1 is 1.77 bits per heavy atom. The quantitative estimate of drug-likeness (QED) is 0.704. The number of Topliss-reactive ketones (excluding diaryl/α,β-unsaturated/α-hetero) is 1. The lowest BCUT2D eigenvalue weighted by Gasteiger charge is -2.12. The minimum atomic E-state index is -2.25. The molecule has 13 heavy (non-hydrogen) atoms. The summed E-state index contributed by atoms with van der Waals surface area (Å²) >= 11 is 0. The number of ketones is 1. The van der Waals surface area contributed by atoms with Crippen LogP contribution in [0, 0.1) is 11.3 Å². The van der Waals surface area contributed by atoms with Gasteiger partial charge in [0.05, 0.1) is 5.41 Å². The van der Waals surface area contributed by atoms with Crippen LogP contribution in [0.15, 0.2) is 0 Å². The van der Waals surface area contributed by atoms with Crippen molar-refractivity contribution in [1.82, 2.24) is 0 Å².